The van der Waals surface area contributed by atoms with Crippen molar-refractivity contribution in [1.82, 2.24) is 0 Å². The van der Waals surface area contributed by atoms with Crippen LogP contribution in [0.15, 0.2) is 0 Å². The highest BCUT2D eigenvalue weighted by Gasteiger charge is 2.20. The summed E-state index contributed by atoms with van der Waals surface area (Å²) in [5.41, 5.74) is 0. The quantitative estimate of drug-likeness (QED) is 0.467. The molecule has 1 heterocycles. The first kappa shape index (κ1) is 5.76. The zero-order valence-electron chi connectivity index (χ0n) is 4.96. The standard InChI is InChI=1S/C6H10O2/c1-5-2-6(3-7)8-4-5/h3,5-6H,2,4H2,1H3/t5-,6-/m0/s1. The highest BCUT2D eigenvalue weighted by Crippen LogP contribution is 2.16. The second-order valence-electron chi connectivity index (χ2n) is 2.35. The molecule has 0 aromatic rings. The molecule has 1 aliphatic rings. The lowest BCUT2D eigenvalue weighted by molar-refractivity contribution is -0.115. The van der Waals surface area contributed by atoms with Crippen molar-refractivity contribution in [3.8, 4) is 0 Å². The minimum Gasteiger partial charge on any atom is -0.370 e. The summed E-state index contributed by atoms with van der Waals surface area (Å²) in [5, 5.41) is 0. The maximum absolute atomic E-state index is 10.0. The van der Waals surface area contributed by atoms with E-state index >= 15 is 0 Å². The average Bonchev–Trinajstić information content (AvgIpc) is 2.14. The summed E-state index contributed by atoms with van der Waals surface area (Å²) >= 11 is 0. The van der Waals surface area contributed by atoms with Crippen LogP contribution in [0, 0.1) is 5.92 Å². The fourth-order valence-electron chi connectivity index (χ4n) is 0.915. The average molecular weight is 114 g/mol. The van der Waals surface area contributed by atoms with Crippen LogP contribution >= 0.6 is 0 Å². The fourth-order valence-corrected chi connectivity index (χ4v) is 0.915. The number of carbonyl (C=O) groups is 1. The molecular formula is C6H10O2. The van der Waals surface area contributed by atoms with E-state index in [2.05, 4.69) is 6.92 Å². The van der Waals surface area contributed by atoms with Crippen LogP contribution in [0.2, 0.25) is 0 Å². The molecular weight excluding hydrogens is 104 g/mol. The van der Waals surface area contributed by atoms with Gasteiger partial charge in [0.25, 0.3) is 0 Å². The molecule has 8 heavy (non-hydrogen) atoms. The van der Waals surface area contributed by atoms with Crippen LogP contribution in [-0.4, -0.2) is 19.0 Å². The SMILES string of the molecule is C[C@@H]1CO[C@H](C=O)C1. The third-order valence-corrected chi connectivity index (χ3v) is 1.38. The molecule has 0 saturated carbocycles. The summed E-state index contributed by atoms with van der Waals surface area (Å²) < 4.78 is 5.05. The molecule has 0 aromatic carbocycles. The highest BCUT2D eigenvalue weighted by molar-refractivity contribution is 5.56. The van der Waals surface area contributed by atoms with Gasteiger partial charge < -0.3 is 9.53 Å². The molecule has 2 nitrogen and oxygen atoms in total. The van der Waals surface area contributed by atoms with E-state index < -0.39 is 0 Å². The summed E-state index contributed by atoms with van der Waals surface area (Å²) in [7, 11) is 0. The summed E-state index contributed by atoms with van der Waals surface area (Å²) in [6, 6.07) is 0. The van der Waals surface area contributed by atoms with Gasteiger partial charge in [0, 0.05) is 0 Å². The topological polar surface area (TPSA) is 26.3 Å². The monoisotopic (exact) mass is 114 g/mol. The van der Waals surface area contributed by atoms with E-state index in [4.69, 9.17) is 4.74 Å². The van der Waals surface area contributed by atoms with Gasteiger partial charge in [0.15, 0.2) is 0 Å². The molecule has 0 amide bonds. The van der Waals surface area contributed by atoms with Crippen molar-refractivity contribution in [2.24, 2.45) is 5.92 Å². The van der Waals surface area contributed by atoms with Gasteiger partial charge in [-0.15, -0.1) is 0 Å². The number of carbonyl (C=O) groups excluding carboxylic acids is 1. The van der Waals surface area contributed by atoms with Crippen LogP contribution in [0.5, 0.6) is 0 Å². The number of hydrogen-bond donors (Lipinski definition) is 0. The van der Waals surface area contributed by atoms with Gasteiger partial charge in [-0.2, -0.15) is 0 Å². The van der Waals surface area contributed by atoms with Gasteiger partial charge in [0.1, 0.15) is 12.4 Å². The lowest BCUT2D eigenvalue weighted by atomic mass is 10.1. The second-order valence-corrected chi connectivity index (χ2v) is 2.35. The van der Waals surface area contributed by atoms with E-state index in [1.807, 2.05) is 0 Å². The van der Waals surface area contributed by atoms with Crippen LogP contribution < -0.4 is 0 Å². The molecule has 1 aliphatic heterocycles. The minimum absolute atomic E-state index is 0.106. The van der Waals surface area contributed by atoms with Crippen molar-refractivity contribution in [1.29, 1.82) is 0 Å². The molecule has 0 aromatic heterocycles. The Labute approximate surface area is 48.8 Å². The first-order valence-corrected chi connectivity index (χ1v) is 2.90. The van der Waals surface area contributed by atoms with Crippen LogP contribution in [-0.2, 0) is 9.53 Å². The van der Waals surface area contributed by atoms with Crippen molar-refractivity contribution in [2.75, 3.05) is 6.61 Å². The fraction of sp³-hybridized carbons (Fsp3) is 0.833. The third-order valence-electron chi connectivity index (χ3n) is 1.38. The van der Waals surface area contributed by atoms with E-state index in [0.717, 1.165) is 19.3 Å². The Kier molecular flexibility index (Phi) is 1.63. The Bertz CT molecular complexity index is 90.5. The Hall–Kier alpha value is -0.370. The van der Waals surface area contributed by atoms with Crippen molar-refractivity contribution in [2.45, 2.75) is 19.4 Å². The van der Waals surface area contributed by atoms with Crippen LogP contribution in [0.1, 0.15) is 13.3 Å². The highest BCUT2D eigenvalue weighted by atomic mass is 16.5. The van der Waals surface area contributed by atoms with E-state index in [9.17, 15) is 4.79 Å². The van der Waals surface area contributed by atoms with E-state index in [-0.39, 0.29) is 6.10 Å². The van der Waals surface area contributed by atoms with Gasteiger partial charge in [0.2, 0.25) is 0 Å². The molecule has 0 N–H and O–H groups in total. The Balaban J connectivity index is 2.32. The zero-order valence-corrected chi connectivity index (χ0v) is 4.96. The molecule has 0 aliphatic carbocycles. The number of hydrogen-bond acceptors (Lipinski definition) is 2. The van der Waals surface area contributed by atoms with Gasteiger partial charge in [0.05, 0.1) is 6.61 Å². The van der Waals surface area contributed by atoms with Crippen LogP contribution in [0.25, 0.3) is 0 Å². The summed E-state index contributed by atoms with van der Waals surface area (Å²) in [5.74, 6) is 0.574. The third kappa shape index (κ3) is 1.07. The number of ether oxygens (including phenoxy) is 1. The first-order chi connectivity index (χ1) is 3.83. The Morgan fingerprint density at radius 3 is 2.75 bits per heavy atom. The molecule has 0 bridgehead atoms. The van der Waals surface area contributed by atoms with Gasteiger partial charge >= 0.3 is 0 Å². The van der Waals surface area contributed by atoms with E-state index in [1.54, 1.807) is 0 Å². The van der Waals surface area contributed by atoms with Gasteiger partial charge in [-0.25, -0.2) is 0 Å². The second kappa shape index (κ2) is 2.27. The lowest BCUT2D eigenvalue weighted by Gasteiger charge is -1.93. The van der Waals surface area contributed by atoms with Crippen molar-refractivity contribution in [3.63, 3.8) is 0 Å². The summed E-state index contributed by atoms with van der Waals surface area (Å²) in [6.45, 7) is 2.84. The molecule has 0 radical (unpaired) electrons. The molecule has 1 fully saturated rings. The largest absolute Gasteiger partial charge is 0.370 e. The van der Waals surface area contributed by atoms with Gasteiger partial charge in [-0.3, -0.25) is 0 Å². The van der Waals surface area contributed by atoms with Crippen LogP contribution in [0.3, 0.4) is 0 Å². The number of aldehydes is 1. The molecule has 1 rings (SSSR count). The Morgan fingerprint density at radius 2 is 2.50 bits per heavy atom. The normalized spacial score (nSPS) is 37.6. The van der Waals surface area contributed by atoms with Crippen molar-refractivity contribution < 1.29 is 9.53 Å². The zero-order chi connectivity index (χ0) is 5.98. The van der Waals surface area contributed by atoms with Crippen molar-refractivity contribution >= 4 is 6.29 Å². The molecule has 1 saturated heterocycles. The smallest absolute Gasteiger partial charge is 0.148 e. The number of rotatable bonds is 1. The first-order valence-electron chi connectivity index (χ1n) is 2.90. The predicted molar refractivity (Wildman–Crippen MR) is 29.6 cm³/mol. The van der Waals surface area contributed by atoms with Gasteiger partial charge in [-0.1, -0.05) is 6.92 Å². The lowest BCUT2D eigenvalue weighted by Crippen LogP contribution is -2.04. The molecule has 2 atom stereocenters. The molecule has 46 valence electrons. The molecule has 0 spiro atoms. The van der Waals surface area contributed by atoms with Crippen LogP contribution in [0.4, 0.5) is 0 Å². The Morgan fingerprint density at radius 1 is 1.75 bits per heavy atom. The van der Waals surface area contributed by atoms with Crippen molar-refractivity contribution in [3.05, 3.63) is 0 Å². The molecule has 0 unspecified atom stereocenters. The predicted octanol–water partition coefficient (Wildman–Crippen LogP) is 0.610. The maximum atomic E-state index is 10.0. The maximum Gasteiger partial charge on any atom is 0.148 e. The van der Waals surface area contributed by atoms with E-state index in [0.29, 0.717) is 5.92 Å². The minimum atomic E-state index is -0.106. The summed E-state index contributed by atoms with van der Waals surface area (Å²) in [6.07, 6.45) is 1.68. The van der Waals surface area contributed by atoms with E-state index in [1.165, 1.54) is 0 Å². The van der Waals surface area contributed by atoms with Gasteiger partial charge in [-0.05, 0) is 12.3 Å². The summed E-state index contributed by atoms with van der Waals surface area (Å²) in [4.78, 5) is 10.0. The molecule has 2 heteroatoms.